The molecule has 0 spiro atoms. The van der Waals surface area contributed by atoms with Gasteiger partial charge >= 0.3 is 6.03 Å². The molecule has 0 fully saturated rings. The van der Waals surface area contributed by atoms with Crippen LogP contribution in [0.25, 0.3) is 0 Å². The number of urea groups is 1. The highest BCUT2D eigenvalue weighted by Crippen LogP contribution is 2.31. The van der Waals surface area contributed by atoms with Gasteiger partial charge in [-0.3, -0.25) is 10.1 Å². The summed E-state index contributed by atoms with van der Waals surface area (Å²) in [6.45, 7) is 5.97. The zero-order valence-corrected chi connectivity index (χ0v) is 15.3. The van der Waals surface area contributed by atoms with Crippen LogP contribution in [0.1, 0.15) is 19.4 Å². The number of carbonyl (C=O) groups is 2. The maximum Gasteiger partial charge on any atom is 0.321 e. The van der Waals surface area contributed by atoms with Crippen LogP contribution >= 0.6 is 23.1 Å². The van der Waals surface area contributed by atoms with Gasteiger partial charge in [0.05, 0.1) is 5.25 Å². The van der Waals surface area contributed by atoms with Gasteiger partial charge in [0.15, 0.2) is 4.34 Å². The highest BCUT2D eigenvalue weighted by atomic mass is 32.2. The second-order valence-electron chi connectivity index (χ2n) is 4.92. The van der Waals surface area contributed by atoms with Crippen LogP contribution in [0.5, 0.6) is 0 Å². The average molecular weight is 365 g/mol. The van der Waals surface area contributed by atoms with Crippen LogP contribution in [0.2, 0.25) is 0 Å². The zero-order valence-electron chi connectivity index (χ0n) is 13.6. The number of benzene rings is 1. The van der Waals surface area contributed by atoms with Crippen molar-refractivity contribution >= 4 is 45.9 Å². The topological polar surface area (TPSA) is 96.0 Å². The van der Waals surface area contributed by atoms with Crippen LogP contribution in [-0.2, 0) is 4.79 Å². The highest BCUT2D eigenvalue weighted by Gasteiger charge is 2.19. The summed E-state index contributed by atoms with van der Waals surface area (Å²) in [4.78, 5) is 23.3. The fourth-order valence-corrected chi connectivity index (χ4v) is 3.67. The Labute approximate surface area is 148 Å². The summed E-state index contributed by atoms with van der Waals surface area (Å²) < 4.78 is 0.657. The quantitative estimate of drug-likeness (QED) is 0.681. The third-order valence-electron chi connectivity index (χ3n) is 3.01. The molecular weight excluding hydrogens is 346 g/mol. The Morgan fingerprint density at radius 2 is 2.04 bits per heavy atom. The molecule has 0 aliphatic carbocycles. The van der Waals surface area contributed by atoms with Gasteiger partial charge < -0.3 is 10.6 Å². The van der Waals surface area contributed by atoms with Crippen molar-refractivity contribution in [2.75, 3.05) is 11.9 Å². The number of hydrogen-bond acceptors (Lipinski definition) is 7. The Balaban J connectivity index is 1.92. The van der Waals surface area contributed by atoms with Gasteiger partial charge in [-0.1, -0.05) is 41.3 Å². The number of imide groups is 1. The van der Waals surface area contributed by atoms with Crippen LogP contribution in [0, 0.1) is 6.92 Å². The van der Waals surface area contributed by atoms with Gasteiger partial charge in [-0.25, -0.2) is 4.79 Å². The highest BCUT2D eigenvalue weighted by molar-refractivity contribution is 8.02. The Morgan fingerprint density at radius 1 is 1.29 bits per heavy atom. The SMILES string of the molecule is CCNC(=O)NC(=O)[C@@H](C)Sc1nnc(Nc2ccccc2C)s1. The number of anilines is 2. The van der Waals surface area contributed by atoms with Crippen molar-refractivity contribution < 1.29 is 9.59 Å². The van der Waals surface area contributed by atoms with Crippen molar-refractivity contribution in [3.05, 3.63) is 29.8 Å². The summed E-state index contributed by atoms with van der Waals surface area (Å²) in [5.41, 5.74) is 2.07. The number of amides is 3. The number of aromatic nitrogens is 2. The molecule has 24 heavy (non-hydrogen) atoms. The van der Waals surface area contributed by atoms with E-state index in [9.17, 15) is 9.59 Å². The molecule has 0 radical (unpaired) electrons. The smallest absolute Gasteiger partial charge is 0.321 e. The summed E-state index contributed by atoms with van der Waals surface area (Å²) >= 11 is 2.62. The fraction of sp³-hybridized carbons (Fsp3) is 0.333. The summed E-state index contributed by atoms with van der Waals surface area (Å²) in [7, 11) is 0. The largest absolute Gasteiger partial charge is 0.338 e. The lowest BCUT2D eigenvalue weighted by atomic mass is 10.2. The van der Waals surface area contributed by atoms with Crippen LogP contribution < -0.4 is 16.0 Å². The van der Waals surface area contributed by atoms with Crippen molar-refractivity contribution in [3.8, 4) is 0 Å². The molecule has 0 aliphatic heterocycles. The molecule has 3 N–H and O–H groups in total. The molecule has 128 valence electrons. The number of rotatable bonds is 6. The molecule has 1 atom stereocenters. The van der Waals surface area contributed by atoms with Gasteiger partial charge in [0, 0.05) is 12.2 Å². The van der Waals surface area contributed by atoms with Gasteiger partial charge in [0.1, 0.15) is 0 Å². The van der Waals surface area contributed by atoms with Crippen molar-refractivity contribution in [2.24, 2.45) is 0 Å². The molecule has 2 aromatic rings. The summed E-state index contributed by atoms with van der Waals surface area (Å²) in [5.74, 6) is -0.366. The van der Waals surface area contributed by atoms with Gasteiger partial charge in [-0.2, -0.15) is 0 Å². The van der Waals surface area contributed by atoms with Gasteiger partial charge in [0.25, 0.3) is 0 Å². The molecule has 0 saturated carbocycles. The van der Waals surface area contributed by atoms with Gasteiger partial charge in [-0.05, 0) is 32.4 Å². The van der Waals surface area contributed by atoms with Gasteiger partial charge in [-0.15, -0.1) is 10.2 Å². The third-order valence-corrected chi connectivity index (χ3v) is 5.04. The average Bonchev–Trinajstić information content (AvgIpc) is 2.97. The number of nitrogens with zero attached hydrogens (tertiary/aromatic N) is 2. The maximum atomic E-state index is 11.9. The molecule has 9 heteroatoms. The molecule has 1 heterocycles. The lowest BCUT2D eigenvalue weighted by molar-refractivity contribution is -0.119. The van der Waals surface area contributed by atoms with Crippen molar-refractivity contribution in [2.45, 2.75) is 30.4 Å². The van der Waals surface area contributed by atoms with E-state index in [4.69, 9.17) is 0 Å². The van der Waals surface area contributed by atoms with E-state index in [1.165, 1.54) is 23.1 Å². The summed E-state index contributed by atoms with van der Waals surface area (Å²) in [5, 5.41) is 16.4. The predicted molar refractivity (Wildman–Crippen MR) is 96.9 cm³/mol. The molecular formula is C15H19N5O2S2. The summed E-state index contributed by atoms with van der Waals surface area (Å²) in [6.07, 6.45) is 0. The number of thioether (sulfide) groups is 1. The molecule has 2 rings (SSSR count). The second kappa shape index (κ2) is 8.65. The van der Waals surface area contributed by atoms with E-state index in [0.717, 1.165) is 11.3 Å². The monoisotopic (exact) mass is 365 g/mol. The first kappa shape index (κ1) is 18.2. The maximum absolute atomic E-state index is 11.9. The predicted octanol–water partition coefficient (Wildman–Crippen LogP) is 2.92. The minimum absolute atomic E-state index is 0.366. The lowest BCUT2D eigenvalue weighted by Crippen LogP contribution is -2.42. The van der Waals surface area contributed by atoms with Gasteiger partial charge in [0.2, 0.25) is 11.0 Å². The Hall–Kier alpha value is -2.13. The van der Waals surface area contributed by atoms with E-state index < -0.39 is 11.3 Å². The Kier molecular flexibility index (Phi) is 6.56. The first-order valence-corrected chi connectivity index (χ1v) is 9.10. The van der Waals surface area contributed by atoms with Crippen molar-refractivity contribution in [3.63, 3.8) is 0 Å². The first-order chi connectivity index (χ1) is 11.5. The normalized spacial score (nSPS) is 11.6. The molecule has 7 nitrogen and oxygen atoms in total. The molecule has 3 amide bonds. The molecule has 0 saturated heterocycles. The van der Waals surface area contributed by atoms with Crippen LogP contribution in [0.15, 0.2) is 28.6 Å². The molecule has 1 aromatic heterocycles. The standard InChI is InChI=1S/C15H19N5O2S2/c1-4-16-13(22)18-12(21)10(3)23-15-20-19-14(24-15)17-11-8-6-5-7-9(11)2/h5-8,10H,4H2,1-3H3,(H,17,19)(H2,16,18,21,22)/t10-/m1/s1. The molecule has 0 unspecified atom stereocenters. The summed E-state index contributed by atoms with van der Waals surface area (Å²) in [6, 6.07) is 7.39. The Morgan fingerprint density at radius 3 is 2.75 bits per heavy atom. The number of nitrogens with one attached hydrogen (secondary N) is 3. The number of aryl methyl sites for hydroxylation is 1. The zero-order chi connectivity index (χ0) is 17.5. The number of carbonyl (C=O) groups excluding carboxylic acids is 2. The van der Waals surface area contributed by atoms with Crippen LogP contribution in [0.4, 0.5) is 15.6 Å². The number of hydrogen-bond donors (Lipinski definition) is 3. The van der Waals surface area contributed by atoms with E-state index in [1.54, 1.807) is 13.8 Å². The van der Waals surface area contributed by atoms with Crippen molar-refractivity contribution in [1.82, 2.24) is 20.8 Å². The lowest BCUT2D eigenvalue weighted by Gasteiger charge is -2.09. The first-order valence-electron chi connectivity index (χ1n) is 7.41. The van der Waals surface area contributed by atoms with E-state index in [1.807, 2.05) is 31.2 Å². The number of para-hydroxylation sites is 1. The molecule has 1 aromatic carbocycles. The van der Waals surface area contributed by atoms with E-state index in [2.05, 4.69) is 26.1 Å². The second-order valence-corrected chi connectivity index (χ2v) is 7.49. The molecule has 0 aliphatic rings. The fourth-order valence-electron chi connectivity index (χ4n) is 1.76. The van der Waals surface area contributed by atoms with Crippen LogP contribution in [-0.4, -0.2) is 33.9 Å². The minimum Gasteiger partial charge on any atom is -0.338 e. The molecule has 0 bridgehead atoms. The third kappa shape index (κ3) is 5.20. The van der Waals surface area contributed by atoms with Crippen LogP contribution in [0.3, 0.4) is 0 Å². The van der Waals surface area contributed by atoms with E-state index in [0.29, 0.717) is 16.0 Å². The van der Waals surface area contributed by atoms with Crippen molar-refractivity contribution in [1.29, 1.82) is 0 Å². The van der Waals surface area contributed by atoms with E-state index >= 15 is 0 Å². The Bertz CT molecular complexity index is 719. The minimum atomic E-state index is -0.492. The van der Waals surface area contributed by atoms with E-state index in [-0.39, 0.29) is 5.91 Å².